The molecule has 2 nitrogen and oxygen atoms in total. The van der Waals surface area contributed by atoms with Crippen molar-refractivity contribution in [2.75, 3.05) is 31.9 Å². The molecular formula is C15H25FN2S. The van der Waals surface area contributed by atoms with Crippen molar-refractivity contribution < 1.29 is 4.39 Å². The van der Waals surface area contributed by atoms with Crippen molar-refractivity contribution in [3.8, 4) is 0 Å². The van der Waals surface area contributed by atoms with Gasteiger partial charge in [0.2, 0.25) is 0 Å². The lowest BCUT2D eigenvalue weighted by Gasteiger charge is -2.18. The number of nitrogens with one attached hydrogen (secondary N) is 1. The van der Waals surface area contributed by atoms with Crippen LogP contribution in [-0.4, -0.2) is 36.8 Å². The fourth-order valence-corrected chi connectivity index (χ4v) is 3.01. The second kappa shape index (κ2) is 9.34. The molecule has 0 aliphatic heterocycles. The first-order chi connectivity index (χ1) is 9.22. The molecule has 19 heavy (non-hydrogen) atoms. The third-order valence-corrected chi connectivity index (χ3v) is 4.27. The molecule has 1 aromatic carbocycles. The molecule has 0 saturated heterocycles. The largest absolute Gasteiger partial charge is 0.313 e. The van der Waals surface area contributed by atoms with Gasteiger partial charge >= 0.3 is 0 Å². The smallest absolute Gasteiger partial charge is 0.128 e. The lowest BCUT2D eigenvalue weighted by molar-refractivity contribution is 0.324. The van der Waals surface area contributed by atoms with Gasteiger partial charge in [-0.25, -0.2) is 4.39 Å². The van der Waals surface area contributed by atoms with Crippen molar-refractivity contribution in [1.82, 2.24) is 10.2 Å². The normalized spacial score (nSPS) is 11.2. The average Bonchev–Trinajstić information content (AvgIpc) is 2.43. The highest BCUT2D eigenvalue weighted by Crippen LogP contribution is 2.25. The number of benzene rings is 1. The summed E-state index contributed by atoms with van der Waals surface area (Å²) in [5.41, 5.74) is 0.800. The van der Waals surface area contributed by atoms with E-state index in [1.807, 2.05) is 13.0 Å². The Hall–Kier alpha value is -0.580. The molecule has 0 amide bonds. The van der Waals surface area contributed by atoms with Crippen molar-refractivity contribution in [2.24, 2.45) is 0 Å². The van der Waals surface area contributed by atoms with Crippen LogP contribution in [0, 0.1) is 5.82 Å². The van der Waals surface area contributed by atoms with E-state index in [4.69, 9.17) is 0 Å². The van der Waals surface area contributed by atoms with E-state index in [2.05, 4.69) is 24.1 Å². The van der Waals surface area contributed by atoms with Crippen LogP contribution in [0.1, 0.15) is 26.3 Å². The Balaban J connectivity index is 2.59. The van der Waals surface area contributed by atoms with Gasteiger partial charge in [0, 0.05) is 29.3 Å². The van der Waals surface area contributed by atoms with Gasteiger partial charge in [0.05, 0.1) is 0 Å². The summed E-state index contributed by atoms with van der Waals surface area (Å²) >= 11 is 1.75. The van der Waals surface area contributed by atoms with Gasteiger partial charge in [0.25, 0.3) is 0 Å². The first kappa shape index (κ1) is 16.5. The third-order valence-electron chi connectivity index (χ3n) is 3.19. The highest BCUT2D eigenvalue weighted by atomic mass is 32.2. The summed E-state index contributed by atoms with van der Waals surface area (Å²) in [6, 6.07) is 5.36. The lowest BCUT2D eigenvalue weighted by atomic mass is 10.2. The minimum absolute atomic E-state index is 0.103. The maximum Gasteiger partial charge on any atom is 0.128 e. The fraction of sp³-hybridized carbons (Fsp3) is 0.600. The molecule has 4 heteroatoms. The van der Waals surface area contributed by atoms with E-state index in [0.717, 1.165) is 42.4 Å². The van der Waals surface area contributed by atoms with Crippen molar-refractivity contribution in [3.05, 3.63) is 29.6 Å². The summed E-state index contributed by atoms with van der Waals surface area (Å²) in [5.74, 6) is 0.901. The van der Waals surface area contributed by atoms with E-state index in [9.17, 15) is 4.39 Å². The topological polar surface area (TPSA) is 15.3 Å². The minimum Gasteiger partial charge on any atom is -0.313 e. The highest BCUT2D eigenvalue weighted by Gasteiger charge is 2.08. The van der Waals surface area contributed by atoms with Crippen LogP contribution in [0.25, 0.3) is 0 Å². The number of nitrogens with zero attached hydrogens (tertiary/aromatic N) is 1. The third kappa shape index (κ3) is 5.51. The molecule has 0 saturated carbocycles. The lowest BCUT2D eigenvalue weighted by Crippen LogP contribution is -2.25. The molecule has 108 valence electrons. The summed E-state index contributed by atoms with van der Waals surface area (Å²) in [6.07, 6.45) is 0. The molecule has 0 aromatic heterocycles. The summed E-state index contributed by atoms with van der Waals surface area (Å²) < 4.78 is 13.8. The predicted octanol–water partition coefficient (Wildman–Crippen LogP) is 3.37. The summed E-state index contributed by atoms with van der Waals surface area (Å²) in [4.78, 5) is 3.45. The first-order valence-electron chi connectivity index (χ1n) is 7.06. The Morgan fingerprint density at radius 2 is 1.95 bits per heavy atom. The molecule has 0 aliphatic carbocycles. The molecule has 1 N–H and O–H groups in total. The van der Waals surface area contributed by atoms with Gasteiger partial charge < -0.3 is 10.2 Å². The maximum atomic E-state index is 13.8. The van der Waals surface area contributed by atoms with E-state index >= 15 is 0 Å². The Morgan fingerprint density at radius 3 is 2.58 bits per heavy atom. The van der Waals surface area contributed by atoms with E-state index in [-0.39, 0.29) is 5.82 Å². The zero-order valence-electron chi connectivity index (χ0n) is 12.2. The number of rotatable bonds is 9. The van der Waals surface area contributed by atoms with Gasteiger partial charge in [0.1, 0.15) is 5.82 Å². The van der Waals surface area contributed by atoms with Crippen LogP contribution in [-0.2, 0) is 6.54 Å². The molecule has 1 rings (SSSR count). The van der Waals surface area contributed by atoms with E-state index in [1.165, 1.54) is 0 Å². The van der Waals surface area contributed by atoms with Crippen LogP contribution in [0.5, 0.6) is 0 Å². The number of hydrogen-bond donors (Lipinski definition) is 1. The van der Waals surface area contributed by atoms with E-state index < -0.39 is 0 Å². The van der Waals surface area contributed by atoms with E-state index in [1.54, 1.807) is 23.9 Å². The fourth-order valence-electron chi connectivity index (χ4n) is 1.92. The van der Waals surface area contributed by atoms with Gasteiger partial charge in [-0.3, -0.25) is 0 Å². The average molecular weight is 284 g/mol. The standard InChI is InChI=1S/C15H25FN2S/c1-4-17-12-13-14(16)8-7-9-15(13)19-11-10-18(5-2)6-3/h7-9,17H,4-6,10-12H2,1-3H3. The van der Waals surface area contributed by atoms with Crippen LogP contribution >= 0.6 is 11.8 Å². The maximum absolute atomic E-state index is 13.8. The monoisotopic (exact) mass is 284 g/mol. The van der Waals surface area contributed by atoms with Crippen molar-refractivity contribution in [2.45, 2.75) is 32.2 Å². The van der Waals surface area contributed by atoms with Crippen LogP contribution in [0.4, 0.5) is 4.39 Å². The quantitative estimate of drug-likeness (QED) is 0.700. The Bertz CT molecular complexity index is 367. The van der Waals surface area contributed by atoms with Crippen LogP contribution < -0.4 is 5.32 Å². The minimum atomic E-state index is -0.103. The highest BCUT2D eigenvalue weighted by molar-refractivity contribution is 7.99. The molecule has 0 aliphatic rings. The van der Waals surface area contributed by atoms with Gasteiger partial charge in [-0.15, -0.1) is 11.8 Å². The summed E-state index contributed by atoms with van der Waals surface area (Å²) in [6.45, 7) is 11.0. The van der Waals surface area contributed by atoms with Crippen molar-refractivity contribution in [1.29, 1.82) is 0 Å². The molecule has 0 atom stereocenters. The summed E-state index contributed by atoms with van der Waals surface area (Å²) in [5, 5.41) is 3.20. The van der Waals surface area contributed by atoms with Gasteiger partial charge in [-0.1, -0.05) is 26.8 Å². The molecule has 0 bridgehead atoms. The Kier molecular flexibility index (Phi) is 8.10. The molecule has 0 heterocycles. The van der Waals surface area contributed by atoms with Crippen LogP contribution in [0.3, 0.4) is 0 Å². The van der Waals surface area contributed by atoms with Crippen molar-refractivity contribution >= 4 is 11.8 Å². The molecule has 0 radical (unpaired) electrons. The SMILES string of the molecule is CCNCc1c(F)cccc1SCCN(CC)CC. The second-order valence-corrected chi connectivity index (χ2v) is 5.51. The Labute approximate surface area is 120 Å². The summed E-state index contributed by atoms with van der Waals surface area (Å²) in [7, 11) is 0. The molecule has 1 aromatic rings. The Morgan fingerprint density at radius 1 is 1.21 bits per heavy atom. The second-order valence-electron chi connectivity index (χ2n) is 4.37. The molecular weight excluding hydrogens is 259 g/mol. The van der Waals surface area contributed by atoms with E-state index in [0.29, 0.717) is 6.54 Å². The zero-order valence-corrected chi connectivity index (χ0v) is 13.0. The molecule has 0 spiro atoms. The zero-order chi connectivity index (χ0) is 14.1. The number of hydrogen-bond acceptors (Lipinski definition) is 3. The predicted molar refractivity (Wildman–Crippen MR) is 82.3 cm³/mol. The van der Waals surface area contributed by atoms with Crippen molar-refractivity contribution in [3.63, 3.8) is 0 Å². The molecule has 0 unspecified atom stereocenters. The number of thioether (sulfide) groups is 1. The van der Waals surface area contributed by atoms with Gasteiger partial charge in [0.15, 0.2) is 0 Å². The van der Waals surface area contributed by atoms with Crippen LogP contribution in [0.2, 0.25) is 0 Å². The molecule has 0 fully saturated rings. The van der Waals surface area contributed by atoms with Gasteiger partial charge in [-0.05, 0) is 31.8 Å². The van der Waals surface area contributed by atoms with Crippen LogP contribution in [0.15, 0.2) is 23.1 Å². The number of halogens is 1. The van der Waals surface area contributed by atoms with Gasteiger partial charge in [-0.2, -0.15) is 0 Å². The first-order valence-corrected chi connectivity index (χ1v) is 8.04.